The van der Waals surface area contributed by atoms with Gasteiger partial charge in [0.1, 0.15) is 16.6 Å². The molecule has 5 heteroatoms. The molecule has 0 fully saturated rings. The maximum atomic E-state index is 5.68. The first-order valence-electron chi connectivity index (χ1n) is 4.87. The number of nitrogens with zero attached hydrogens (tertiary/aromatic N) is 3. The molecule has 0 saturated heterocycles. The molecule has 0 amide bonds. The molecule has 0 bridgehead atoms. The molecule has 2 rings (SSSR count). The van der Waals surface area contributed by atoms with Gasteiger partial charge >= 0.3 is 0 Å². The predicted molar refractivity (Wildman–Crippen MR) is 66.7 cm³/mol. The second-order valence-electron chi connectivity index (χ2n) is 3.53. The zero-order valence-corrected chi connectivity index (χ0v) is 9.95. The van der Waals surface area contributed by atoms with Crippen LogP contribution in [0.15, 0.2) is 24.5 Å². The van der Waals surface area contributed by atoms with Crippen LogP contribution in [-0.4, -0.2) is 19.5 Å². The lowest BCUT2D eigenvalue weighted by molar-refractivity contribution is 0.919. The molecule has 4 nitrogen and oxygen atoms in total. The molecule has 2 aromatic heterocycles. The van der Waals surface area contributed by atoms with Gasteiger partial charge in [-0.25, -0.2) is 9.97 Å². The van der Waals surface area contributed by atoms with Gasteiger partial charge < -0.3 is 5.73 Å². The third-order valence-corrected chi connectivity index (χ3v) is 2.55. The Hall–Kier alpha value is -1.75. The van der Waals surface area contributed by atoms with E-state index >= 15 is 0 Å². The van der Waals surface area contributed by atoms with Gasteiger partial charge in [0.25, 0.3) is 0 Å². The van der Waals surface area contributed by atoms with Crippen molar-refractivity contribution in [3.8, 4) is 5.82 Å². The van der Waals surface area contributed by atoms with E-state index < -0.39 is 0 Å². The fourth-order valence-electron chi connectivity index (χ4n) is 1.52. The van der Waals surface area contributed by atoms with Crippen molar-refractivity contribution in [2.75, 3.05) is 0 Å². The van der Waals surface area contributed by atoms with Crippen LogP contribution in [0.3, 0.4) is 0 Å². The number of rotatable bonds is 2. The zero-order chi connectivity index (χ0) is 11.7. The molecule has 0 spiro atoms. The summed E-state index contributed by atoms with van der Waals surface area (Å²) >= 11 is 5.01. The highest BCUT2D eigenvalue weighted by Crippen LogP contribution is 2.14. The van der Waals surface area contributed by atoms with Crippen LogP contribution in [0.5, 0.6) is 0 Å². The minimum atomic E-state index is 0.343. The molecule has 0 radical (unpaired) electrons. The molecular weight excluding hydrogens is 220 g/mol. The Morgan fingerprint density at radius 2 is 2.12 bits per heavy atom. The molecule has 16 heavy (non-hydrogen) atoms. The van der Waals surface area contributed by atoms with Gasteiger partial charge in [0.2, 0.25) is 0 Å². The number of aromatic nitrogens is 3. The van der Waals surface area contributed by atoms with Gasteiger partial charge in [-0.3, -0.25) is 4.57 Å². The SMILES string of the molecule is Cc1ccc(C(N)=S)c(-n2ccnc2C)n1. The van der Waals surface area contributed by atoms with E-state index in [1.807, 2.05) is 36.7 Å². The zero-order valence-electron chi connectivity index (χ0n) is 9.14. The maximum absolute atomic E-state index is 5.68. The fraction of sp³-hybridized carbons (Fsp3) is 0.182. The van der Waals surface area contributed by atoms with Crippen LogP contribution in [0.1, 0.15) is 17.1 Å². The van der Waals surface area contributed by atoms with Crippen molar-refractivity contribution < 1.29 is 0 Å². The first kappa shape index (κ1) is 10.8. The van der Waals surface area contributed by atoms with E-state index in [0.29, 0.717) is 4.99 Å². The van der Waals surface area contributed by atoms with E-state index in [9.17, 15) is 0 Å². The largest absolute Gasteiger partial charge is 0.389 e. The number of aryl methyl sites for hydroxylation is 2. The Morgan fingerprint density at radius 3 is 2.69 bits per heavy atom. The molecule has 0 atom stereocenters. The number of pyridine rings is 1. The maximum Gasteiger partial charge on any atom is 0.148 e. The van der Waals surface area contributed by atoms with E-state index in [2.05, 4.69) is 9.97 Å². The second kappa shape index (κ2) is 4.02. The summed E-state index contributed by atoms with van der Waals surface area (Å²) in [5.74, 6) is 1.60. The van der Waals surface area contributed by atoms with Gasteiger partial charge in [-0.05, 0) is 26.0 Å². The first-order valence-corrected chi connectivity index (χ1v) is 5.28. The van der Waals surface area contributed by atoms with E-state index in [1.54, 1.807) is 6.20 Å². The summed E-state index contributed by atoms with van der Waals surface area (Å²) in [6.07, 6.45) is 3.57. The monoisotopic (exact) mass is 232 g/mol. The van der Waals surface area contributed by atoms with Crippen LogP contribution in [0.25, 0.3) is 5.82 Å². The highest BCUT2D eigenvalue weighted by molar-refractivity contribution is 7.80. The summed E-state index contributed by atoms with van der Waals surface area (Å²) in [6.45, 7) is 3.84. The average molecular weight is 232 g/mol. The molecule has 0 aliphatic carbocycles. The summed E-state index contributed by atoms with van der Waals surface area (Å²) in [5.41, 5.74) is 7.36. The Balaban J connectivity index is 2.67. The summed E-state index contributed by atoms with van der Waals surface area (Å²) in [6, 6.07) is 3.78. The quantitative estimate of drug-likeness (QED) is 0.798. The fourth-order valence-corrected chi connectivity index (χ4v) is 1.68. The number of thiocarbonyl (C=S) groups is 1. The highest BCUT2D eigenvalue weighted by Gasteiger charge is 2.10. The third kappa shape index (κ3) is 1.81. The van der Waals surface area contributed by atoms with Gasteiger partial charge in [-0.15, -0.1) is 0 Å². The van der Waals surface area contributed by atoms with Crippen LogP contribution in [0, 0.1) is 13.8 Å². The standard InChI is InChI=1S/C11H12N4S/c1-7-3-4-9(10(12)16)11(14-7)15-6-5-13-8(15)2/h3-6H,1-2H3,(H2,12,16). The molecule has 2 N–H and O–H groups in total. The lowest BCUT2D eigenvalue weighted by atomic mass is 10.2. The lowest BCUT2D eigenvalue weighted by Crippen LogP contribution is -2.15. The van der Waals surface area contributed by atoms with E-state index in [0.717, 1.165) is 22.9 Å². The molecular formula is C11H12N4S. The summed E-state index contributed by atoms with van der Waals surface area (Å²) in [5, 5.41) is 0. The topological polar surface area (TPSA) is 56.7 Å². The number of nitrogens with two attached hydrogens (primary N) is 1. The van der Waals surface area contributed by atoms with Crippen molar-refractivity contribution in [1.29, 1.82) is 0 Å². The first-order chi connectivity index (χ1) is 7.59. The lowest BCUT2D eigenvalue weighted by Gasteiger charge is -2.10. The van der Waals surface area contributed by atoms with Crippen molar-refractivity contribution in [3.63, 3.8) is 0 Å². The van der Waals surface area contributed by atoms with Gasteiger partial charge in [-0.1, -0.05) is 12.2 Å². The molecule has 0 aliphatic rings. The molecule has 0 aliphatic heterocycles. The average Bonchev–Trinajstić information content (AvgIpc) is 2.63. The Kier molecular flexibility index (Phi) is 2.70. The molecule has 0 saturated carbocycles. The summed E-state index contributed by atoms with van der Waals surface area (Å²) in [4.78, 5) is 8.96. The Morgan fingerprint density at radius 1 is 1.38 bits per heavy atom. The minimum absolute atomic E-state index is 0.343. The van der Waals surface area contributed by atoms with Gasteiger partial charge in [0, 0.05) is 18.1 Å². The van der Waals surface area contributed by atoms with Crippen molar-refractivity contribution in [1.82, 2.24) is 14.5 Å². The number of imidazole rings is 1. The molecule has 0 unspecified atom stereocenters. The van der Waals surface area contributed by atoms with Gasteiger partial charge in [0.15, 0.2) is 0 Å². The molecule has 82 valence electrons. The number of hydrogen-bond acceptors (Lipinski definition) is 3. The number of hydrogen-bond donors (Lipinski definition) is 1. The van der Waals surface area contributed by atoms with Gasteiger partial charge in [0.05, 0.1) is 5.56 Å². The molecule has 2 aromatic rings. The van der Waals surface area contributed by atoms with E-state index in [1.165, 1.54) is 0 Å². The van der Waals surface area contributed by atoms with Gasteiger partial charge in [-0.2, -0.15) is 0 Å². The van der Waals surface area contributed by atoms with Crippen molar-refractivity contribution in [3.05, 3.63) is 41.6 Å². The van der Waals surface area contributed by atoms with Crippen LogP contribution < -0.4 is 5.73 Å². The van der Waals surface area contributed by atoms with Crippen LogP contribution in [-0.2, 0) is 0 Å². The Labute approximate surface area is 99.1 Å². The molecule has 0 aromatic carbocycles. The van der Waals surface area contributed by atoms with Crippen molar-refractivity contribution in [2.45, 2.75) is 13.8 Å². The predicted octanol–water partition coefficient (Wildman–Crippen LogP) is 1.52. The second-order valence-corrected chi connectivity index (χ2v) is 3.97. The van der Waals surface area contributed by atoms with Crippen molar-refractivity contribution in [2.24, 2.45) is 5.73 Å². The smallest absolute Gasteiger partial charge is 0.148 e. The molecule has 2 heterocycles. The van der Waals surface area contributed by atoms with E-state index in [-0.39, 0.29) is 0 Å². The highest BCUT2D eigenvalue weighted by atomic mass is 32.1. The van der Waals surface area contributed by atoms with Crippen LogP contribution in [0.2, 0.25) is 0 Å². The summed E-state index contributed by atoms with van der Waals surface area (Å²) < 4.78 is 1.88. The van der Waals surface area contributed by atoms with E-state index in [4.69, 9.17) is 18.0 Å². The van der Waals surface area contributed by atoms with Crippen molar-refractivity contribution >= 4 is 17.2 Å². The minimum Gasteiger partial charge on any atom is -0.389 e. The summed E-state index contributed by atoms with van der Waals surface area (Å²) in [7, 11) is 0. The normalized spacial score (nSPS) is 10.4. The van der Waals surface area contributed by atoms with Crippen LogP contribution >= 0.6 is 12.2 Å². The Bertz CT molecular complexity index is 545. The van der Waals surface area contributed by atoms with Crippen LogP contribution in [0.4, 0.5) is 0 Å². The third-order valence-electron chi connectivity index (χ3n) is 2.33.